The van der Waals surface area contributed by atoms with Crippen molar-refractivity contribution >= 4 is 6.01 Å². The lowest BCUT2D eigenvalue weighted by Crippen LogP contribution is -2.10. The summed E-state index contributed by atoms with van der Waals surface area (Å²) in [5.41, 5.74) is 5.22. The molecular formula is C21H24N2. The number of hydrogen-bond donors (Lipinski definition) is 0. The van der Waals surface area contributed by atoms with E-state index in [2.05, 4.69) is 80.3 Å². The lowest BCUT2D eigenvalue weighted by molar-refractivity contribution is 0.586. The number of aryl methyl sites for hydroxylation is 2. The molecule has 0 spiro atoms. The van der Waals surface area contributed by atoms with Crippen LogP contribution in [-0.4, -0.2) is 11.5 Å². The van der Waals surface area contributed by atoms with Gasteiger partial charge in [-0.05, 0) is 62.3 Å². The largest absolute Gasteiger partial charge is 0.220 e. The van der Waals surface area contributed by atoms with Gasteiger partial charge in [0.05, 0.1) is 11.5 Å². The topological polar surface area (TPSA) is 24.7 Å². The Bertz CT molecular complexity index is 699. The van der Waals surface area contributed by atoms with Gasteiger partial charge in [0.2, 0.25) is 0 Å². The van der Waals surface area contributed by atoms with Crippen LogP contribution in [0.4, 0.5) is 0 Å². The molecule has 0 N–H and O–H groups in total. The highest BCUT2D eigenvalue weighted by Crippen LogP contribution is 2.34. The molecule has 0 aliphatic heterocycles. The maximum atomic E-state index is 4.74. The fraction of sp³-hybridized carbons (Fsp3) is 0.381. The van der Waals surface area contributed by atoms with Crippen molar-refractivity contribution in [2.75, 3.05) is 0 Å². The van der Waals surface area contributed by atoms with Gasteiger partial charge in [0.1, 0.15) is 6.04 Å². The van der Waals surface area contributed by atoms with Crippen LogP contribution in [0.25, 0.3) is 0 Å². The molecule has 0 amide bonds. The Morgan fingerprint density at radius 1 is 0.870 bits per heavy atom. The summed E-state index contributed by atoms with van der Waals surface area (Å²) >= 11 is 0. The van der Waals surface area contributed by atoms with Crippen molar-refractivity contribution in [1.29, 1.82) is 0 Å². The van der Waals surface area contributed by atoms with E-state index in [-0.39, 0.29) is 11.6 Å². The highest BCUT2D eigenvalue weighted by Gasteiger charge is 2.21. The predicted molar refractivity (Wildman–Crippen MR) is 96.4 cm³/mol. The first-order chi connectivity index (χ1) is 11.0. The van der Waals surface area contributed by atoms with Gasteiger partial charge >= 0.3 is 0 Å². The van der Waals surface area contributed by atoms with Crippen molar-refractivity contribution in [2.24, 2.45) is 9.98 Å². The van der Waals surface area contributed by atoms with Crippen LogP contribution in [-0.2, 0) is 12.8 Å². The average molecular weight is 304 g/mol. The van der Waals surface area contributed by atoms with Crippen LogP contribution in [0.5, 0.6) is 0 Å². The van der Waals surface area contributed by atoms with Crippen molar-refractivity contribution in [3.63, 3.8) is 0 Å². The van der Waals surface area contributed by atoms with E-state index in [0.717, 1.165) is 12.8 Å². The van der Waals surface area contributed by atoms with E-state index in [4.69, 9.17) is 4.99 Å². The van der Waals surface area contributed by atoms with Crippen molar-refractivity contribution in [3.8, 4) is 0 Å². The number of fused-ring (bicyclic) bond motifs is 2. The maximum Gasteiger partial charge on any atom is 0.111 e. The molecular weight excluding hydrogens is 280 g/mol. The smallest absolute Gasteiger partial charge is 0.111 e. The van der Waals surface area contributed by atoms with Gasteiger partial charge < -0.3 is 0 Å². The summed E-state index contributed by atoms with van der Waals surface area (Å²) in [5, 5.41) is 0. The maximum absolute atomic E-state index is 4.74. The number of benzene rings is 2. The first kappa shape index (κ1) is 15.7. The summed E-state index contributed by atoms with van der Waals surface area (Å²) < 4.78 is 0. The fourth-order valence-corrected chi connectivity index (χ4v) is 3.07. The minimum atomic E-state index is -0.149. The molecule has 1 aliphatic carbocycles. The predicted octanol–water partition coefficient (Wildman–Crippen LogP) is 5.24. The molecule has 1 aliphatic rings. The van der Waals surface area contributed by atoms with Crippen LogP contribution in [0.1, 0.15) is 55.5 Å². The molecule has 2 aromatic carbocycles. The molecule has 0 unspecified atom stereocenters. The van der Waals surface area contributed by atoms with Crippen LogP contribution in [0.15, 0.2) is 58.5 Å². The van der Waals surface area contributed by atoms with Crippen molar-refractivity contribution in [2.45, 2.75) is 51.6 Å². The zero-order valence-electron chi connectivity index (χ0n) is 14.2. The van der Waals surface area contributed by atoms with Gasteiger partial charge in [-0.15, -0.1) is 0 Å². The Kier molecular flexibility index (Phi) is 4.45. The van der Waals surface area contributed by atoms with E-state index in [1.54, 1.807) is 0 Å². The third-order valence-corrected chi connectivity index (χ3v) is 4.16. The van der Waals surface area contributed by atoms with E-state index < -0.39 is 0 Å². The van der Waals surface area contributed by atoms with Gasteiger partial charge in [0.15, 0.2) is 0 Å². The summed E-state index contributed by atoms with van der Waals surface area (Å²) in [4.78, 5) is 9.17. The Hall–Kier alpha value is -2.18. The van der Waals surface area contributed by atoms with Gasteiger partial charge in [0, 0.05) is 0 Å². The number of rotatable bonds is 1. The quantitative estimate of drug-likeness (QED) is 0.644. The molecule has 118 valence electrons. The molecule has 0 bridgehead atoms. The lowest BCUT2D eigenvalue weighted by atomic mass is 9.85. The van der Waals surface area contributed by atoms with Crippen LogP contribution in [0.3, 0.4) is 0 Å². The summed E-state index contributed by atoms with van der Waals surface area (Å²) in [7, 11) is 0. The minimum absolute atomic E-state index is 0.00574. The first-order valence-electron chi connectivity index (χ1n) is 8.37. The van der Waals surface area contributed by atoms with Gasteiger partial charge in [-0.2, -0.15) is 0 Å². The van der Waals surface area contributed by atoms with Crippen molar-refractivity contribution in [3.05, 3.63) is 70.8 Å². The molecule has 0 aromatic heterocycles. The lowest BCUT2D eigenvalue weighted by Gasteiger charge is -2.22. The van der Waals surface area contributed by atoms with Crippen LogP contribution >= 0.6 is 0 Å². The van der Waals surface area contributed by atoms with Crippen molar-refractivity contribution < 1.29 is 0 Å². The minimum Gasteiger partial charge on any atom is -0.220 e. The molecule has 2 aromatic rings. The van der Waals surface area contributed by atoms with Gasteiger partial charge in [-0.25, -0.2) is 9.98 Å². The molecule has 0 heterocycles. The Morgan fingerprint density at radius 2 is 1.39 bits per heavy atom. The number of nitrogens with zero attached hydrogens (tertiary/aromatic N) is 2. The molecule has 0 fully saturated rings. The Morgan fingerprint density at radius 3 is 1.91 bits per heavy atom. The van der Waals surface area contributed by atoms with E-state index >= 15 is 0 Å². The normalized spacial score (nSPS) is 14.7. The highest BCUT2D eigenvalue weighted by molar-refractivity contribution is 5.49. The Labute approximate surface area is 139 Å². The molecule has 0 radical (unpaired) electrons. The van der Waals surface area contributed by atoms with Crippen LogP contribution in [0, 0.1) is 0 Å². The molecule has 23 heavy (non-hydrogen) atoms. The van der Waals surface area contributed by atoms with E-state index in [1.807, 2.05) is 0 Å². The molecule has 2 heteroatoms. The van der Waals surface area contributed by atoms with Crippen LogP contribution in [0.2, 0.25) is 0 Å². The van der Waals surface area contributed by atoms with E-state index in [9.17, 15) is 0 Å². The molecule has 2 nitrogen and oxygen atoms in total. The summed E-state index contributed by atoms with van der Waals surface area (Å²) in [6.45, 7) is 6.20. The summed E-state index contributed by atoms with van der Waals surface area (Å²) in [5.74, 6) is 0. The van der Waals surface area contributed by atoms with Gasteiger partial charge in [0.25, 0.3) is 0 Å². The standard InChI is InChI=1S/C21H24N2/c1-21(2,3)23-15-22-20-18-13-6-4-9-16(18)11-8-12-17-10-5-7-14-19(17)20/h4-7,9-10,13-14,20H,8,11-12H2,1-3H3. The number of hydrogen-bond acceptors (Lipinski definition) is 2. The average Bonchev–Trinajstić information content (AvgIpc) is 2.50. The second-order valence-electron chi connectivity index (χ2n) is 7.17. The van der Waals surface area contributed by atoms with Gasteiger partial charge in [-0.1, -0.05) is 48.5 Å². The number of aliphatic imine (C=N–C) groups is 2. The summed E-state index contributed by atoms with van der Waals surface area (Å²) in [6, 6.07) is 20.3. The zero-order valence-corrected chi connectivity index (χ0v) is 14.2. The SMILES string of the molecule is CC(C)(C)N=C=NC1c2ccccc2CCCc2ccccc21. The second-order valence-corrected chi connectivity index (χ2v) is 7.17. The van der Waals surface area contributed by atoms with E-state index in [1.165, 1.54) is 28.7 Å². The summed E-state index contributed by atoms with van der Waals surface area (Å²) in [6.07, 6.45) is 3.39. The van der Waals surface area contributed by atoms with E-state index in [0.29, 0.717) is 0 Å². The second kappa shape index (κ2) is 6.52. The Balaban J connectivity index is 2.13. The third-order valence-electron chi connectivity index (χ3n) is 4.16. The highest BCUT2D eigenvalue weighted by atomic mass is 14.9. The van der Waals surface area contributed by atoms with Gasteiger partial charge in [-0.3, -0.25) is 0 Å². The monoisotopic (exact) mass is 304 g/mol. The van der Waals surface area contributed by atoms with Crippen molar-refractivity contribution in [1.82, 2.24) is 0 Å². The molecule has 0 saturated heterocycles. The molecule has 0 atom stereocenters. The first-order valence-corrected chi connectivity index (χ1v) is 8.37. The molecule has 3 rings (SSSR count). The zero-order chi connectivity index (χ0) is 16.3. The third kappa shape index (κ3) is 3.78. The fourth-order valence-electron chi connectivity index (χ4n) is 3.07. The van der Waals surface area contributed by atoms with Crippen LogP contribution < -0.4 is 0 Å². The molecule has 0 saturated carbocycles.